The summed E-state index contributed by atoms with van der Waals surface area (Å²) >= 11 is 0. The van der Waals surface area contributed by atoms with Gasteiger partial charge in [-0.1, -0.05) is 34.9 Å². The third-order valence-electron chi connectivity index (χ3n) is 4.51. The predicted octanol–water partition coefficient (Wildman–Crippen LogP) is 2.73. The second kappa shape index (κ2) is 17.0. The number of hydrogen-bond acceptors (Lipinski definition) is 8. The Morgan fingerprint density at radius 1 is 1.00 bits per heavy atom. The molecule has 3 rings (SSSR count). The Hall–Kier alpha value is -3.67. The van der Waals surface area contributed by atoms with Crippen molar-refractivity contribution < 1.29 is 43.4 Å². The Morgan fingerprint density at radius 2 is 1.42 bits per heavy atom. The molecular weight excluding hydrogens is 542 g/mol. The molecule has 2 aromatic rings. The molecule has 2 aromatic carbocycles. The van der Waals surface area contributed by atoms with E-state index in [1.54, 1.807) is 30.3 Å². The molecule has 0 unspecified atom stereocenters. The zero-order valence-corrected chi connectivity index (χ0v) is 22.7. The quantitative estimate of drug-likeness (QED) is 0.258. The van der Waals surface area contributed by atoms with E-state index in [-0.39, 0.29) is 18.3 Å². The lowest BCUT2D eigenvalue weighted by Gasteiger charge is -2.08. The third-order valence-corrected chi connectivity index (χ3v) is 6.14. The van der Waals surface area contributed by atoms with Gasteiger partial charge in [0.1, 0.15) is 17.7 Å². The summed E-state index contributed by atoms with van der Waals surface area (Å²) in [7, 11) is -9.01. The van der Waals surface area contributed by atoms with Crippen molar-refractivity contribution in [1.82, 2.24) is 0 Å². The maximum Gasteiger partial charge on any atom is 0.536 e. The first kappa shape index (κ1) is 34.3. The number of phenols is 2. The summed E-state index contributed by atoms with van der Waals surface area (Å²) in [5.74, 6) is 0.0149. The van der Waals surface area contributed by atoms with Crippen LogP contribution in [0, 0.1) is 24.0 Å². The Labute approximate surface area is 223 Å². The molecule has 38 heavy (non-hydrogen) atoms. The van der Waals surface area contributed by atoms with Crippen LogP contribution in [0.1, 0.15) is 31.4 Å². The minimum Gasteiger partial charge on any atom is -0.508 e. The summed E-state index contributed by atoms with van der Waals surface area (Å²) in [6.45, 7) is 8.31. The number of halogens is 2. The van der Waals surface area contributed by atoms with Gasteiger partial charge in [0, 0.05) is 13.5 Å². The number of phenolic OH excluding ortho intramolecular Hbond substituents is 2. The molecule has 0 aromatic heterocycles. The molecule has 0 aliphatic carbocycles. The fourth-order valence-corrected chi connectivity index (χ4v) is 3.76. The van der Waals surface area contributed by atoms with Gasteiger partial charge in [0.05, 0.1) is 11.8 Å². The van der Waals surface area contributed by atoms with Crippen molar-refractivity contribution in [3.8, 4) is 17.6 Å². The normalized spacial score (nSPS) is 12.3. The molecule has 0 spiro atoms. The molecule has 1 aliphatic rings. The number of aryl methyl sites for hydroxylation is 1. The van der Waals surface area contributed by atoms with Crippen molar-refractivity contribution in [3.05, 3.63) is 72.4 Å². The van der Waals surface area contributed by atoms with Crippen LogP contribution in [0.4, 0.5) is 7.77 Å². The molecule has 4 N–H and O–H groups in total. The molecule has 0 amide bonds. The lowest BCUT2D eigenvalue weighted by Crippen LogP contribution is -2.20. The molecule has 0 atom stereocenters. The number of rotatable bonds is 7. The van der Waals surface area contributed by atoms with E-state index in [0.717, 1.165) is 18.2 Å². The number of nitrogens with zero attached hydrogens (tertiary/aromatic N) is 3. The molecule has 1 heterocycles. The first-order valence-corrected chi connectivity index (χ1v) is 13.9. The smallest absolute Gasteiger partial charge is 0.508 e. The van der Waals surface area contributed by atoms with E-state index in [2.05, 4.69) is 6.72 Å². The second-order valence-corrected chi connectivity index (χ2v) is 10.2. The lowest BCUT2D eigenvalue weighted by molar-refractivity contribution is -0.585. The van der Waals surface area contributed by atoms with Gasteiger partial charge in [-0.05, 0) is 68.1 Å². The topological polar surface area (TPSA) is 165 Å². The Balaban J connectivity index is 0.000000520. The summed E-state index contributed by atoms with van der Waals surface area (Å²) in [6.07, 6.45) is 2.93. The molecule has 210 valence electrons. The van der Waals surface area contributed by atoms with E-state index < -0.39 is 26.4 Å². The summed E-state index contributed by atoms with van der Waals surface area (Å²) in [5.41, 5.74) is 7.38. The molecule has 10 nitrogen and oxygen atoms in total. The van der Waals surface area contributed by atoms with E-state index >= 15 is 0 Å². The van der Waals surface area contributed by atoms with Crippen LogP contribution >= 0.6 is 0 Å². The Morgan fingerprint density at radius 3 is 1.71 bits per heavy atom. The average Bonchev–Trinajstić information content (AvgIpc) is 3.16. The SMILES string of the molecule is C=[N+]1[CH-]C=[N+](S(=O)(=O)F)[C-]1C.CC#N.NCCc1ccc(O)cc1.O=S(=O)(F)CCCc1ccc(O)cc1. The fraction of sp³-hybridized carbons (Fsp3) is 0.292. The maximum absolute atomic E-state index is 12.3. The van der Waals surface area contributed by atoms with Gasteiger partial charge >= 0.3 is 20.6 Å². The third kappa shape index (κ3) is 15.4. The van der Waals surface area contributed by atoms with Gasteiger partial charge in [0.15, 0.2) is 0 Å². The minimum atomic E-state index is -4.66. The van der Waals surface area contributed by atoms with E-state index in [1.807, 2.05) is 12.1 Å². The average molecular weight is 575 g/mol. The van der Waals surface area contributed by atoms with Gasteiger partial charge in [-0.15, -0.1) is 16.3 Å². The van der Waals surface area contributed by atoms with Gasteiger partial charge in [-0.25, -0.2) is 0 Å². The molecule has 14 heteroatoms. The second-order valence-electron chi connectivity index (χ2n) is 7.49. The zero-order chi connectivity index (χ0) is 29.4. The molecule has 0 saturated heterocycles. The lowest BCUT2D eigenvalue weighted by atomic mass is 10.1. The number of benzene rings is 2. The summed E-state index contributed by atoms with van der Waals surface area (Å²) in [5, 5.41) is 25.2. The molecule has 0 fully saturated rings. The monoisotopic (exact) mass is 574 g/mol. The molecule has 0 radical (unpaired) electrons. The van der Waals surface area contributed by atoms with Gasteiger partial charge in [-0.3, -0.25) is 0 Å². The largest absolute Gasteiger partial charge is 0.536 e. The van der Waals surface area contributed by atoms with Gasteiger partial charge < -0.3 is 20.5 Å². The number of nitrogens with two attached hydrogens (primary N) is 1. The highest BCUT2D eigenvalue weighted by molar-refractivity contribution is 7.86. The van der Waals surface area contributed by atoms with E-state index in [0.29, 0.717) is 22.7 Å². The van der Waals surface area contributed by atoms with Crippen molar-refractivity contribution in [1.29, 1.82) is 5.26 Å². The Kier molecular flexibility index (Phi) is 15.3. The zero-order valence-electron chi connectivity index (χ0n) is 21.0. The highest BCUT2D eigenvalue weighted by Crippen LogP contribution is 2.14. The predicted molar refractivity (Wildman–Crippen MR) is 140 cm³/mol. The van der Waals surface area contributed by atoms with Crippen LogP contribution in [0.3, 0.4) is 0 Å². The highest BCUT2D eigenvalue weighted by Gasteiger charge is 2.31. The minimum absolute atomic E-state index is 0.159. The first-order chi connectivity index (χ1) is 17.6. The van der Waals surface area contributed by atoms with E-state index in [4.69, 9.17) is 21.2 Å². The van der Waals surface area contributed by atoms with Crippen LogP contribution in [0.2, 0.25) is 0 Å². The number of hydrogen-bond donors (Lipinski definition) is 3. The van der Waals surface area contributed by atoms with Crippen molar-refractivity contribution in [2.75, 3.05) is 12.3 Å². The van der Waals surface area contributed by atoms with Gasteiger partial charge in [-0.2, -0.15) is 13.7 Å². The van der Waals surface area contributed by atoms with E-state index in [9.17, 15) is 24.6 Å². The molecule has 1 aliphatic heterocycles. The summed E-state index contributed by atoms with van der Waals surface area (Å²) < 4.78 is 67.1. The van der Waals surface area contributed by atoms with Crippen LogP contribution in [-0.2, 0) is 33.5 Å². The van der Waals surface area contributed by atoms with Crippen LogP contribution < -0.4 is 5.73 Å². The van der Waals surface area contributed by atoms with E-state index in [1.165, 1.54) is 42.7 Å². The number of nitriles is 1. The molecule has 0 bridgehead atoms. The maximum atomic E-state index is 12.3. The molecular formula is C24H32F2N4O6S2. The standard InChI is InChI=1S/C9H11FO3S.C8H11NO.C5H7FN2O2S.C2H3N/c10-14(12,13)7-1-2-8-3-5-9(11)6-4-8;9-6-5-7-1-3-8(10)4-2-7;1-5-7(2)3-4-8(5)11(6,9)10;1-2-3/h3-6,11H,1-2,7H2;1-4,10H,5-6,9H2;3-4H,2H2,1H3;1H3. The van der Waals surface area contributed by atoms with Crippen molar-refractivity contribution in [2.45, 2.75) is 33.1 Å². The van der Waals surface area contributed by atoms with Crippen molar-refractivity contribution in [3.63, 3.8) is 0 Å². The van der Waals surface area contributed by atoms with Gasteiger partial charge in [0.25, 0.3) is 0 Å². The Bertz CT molecular complexity index is 1290. The number of aromatic hydroxyl groups is 2. The van der Waals surface area contributed by atoms with Crippen LogP contribution in [0.25, 0.3) is 0 Å². The van der Waals surface area contributed by atoms with Gasteiger partial charge in [0.2, 0.25) is 6.17 Å². The first-order valence-electron chi connectivity index (χ1n) is 11.0. The van der Waals surface area contributed by atoms with Crippen molar-refractivity contribution in [2.24, 2.45) is 5.73 Å². The summed E-state index contributed by atoms with van der Waals surface area (Å²) in [4.78, 5) is 0. The van der Waals surface area contributed by atoms with Crippen LogP contribution in [0.15, 0.2) is 48.5 Å². The fourth-order valence-electron chi connectivity index (χ4n) is 2.65. The van der Waals surface area contributed by atoms with Crippen LogP contribution in [0.5, 0.6) is 11.5 Å². The molecule has 0 saturated carbocycles. The highest BCUT2D eigenvalue weighted by atomic mass is 32.3. The van der Waals surface area contributed by atoms with Crippen molar-refractivity contribution >= 4 is 33.6 Å². The summed E-state index contributed by atoms with van der Waals surface area (Å²) in [6, 6.07) is 15.2. The van der Waals surface area contributed by atoms with Crippen LogP contribution in [-0.4, -0.2) is 60.8 Å².